The second kappa shape index (κ2) is 5.55. The van der Waals surface area contributed by atoms with Crippen molar-refractivity contribution < 1.29 is 14.3 Å². The molecule has 0 bridgehead atoms. The van der Waals surface area contributed by atoms with Gasteiger partial charge in [-0.25, -0.2) is 4.79 Å². The number of carboxylic acids is 1. The maximum absolute atomic E-state index is 12.1. The van der Waals surface area contributed by atoms with E-state index in [9.17, 15) is 14.7 Å². The van der Waals surface area contributed by atoms with Gasteiger partial charge in [0.05, 0.1) is 12.5 Å². The van der Waals surface area contributed by atoms with Gasteiger partial charge < -0.3 is 9.52 Å². The molecule has 0 saturated carbocycles. The monoisotopic (exact) mass is 290 g/mol. The number of carbonyl (C=O) groups is 1. The highest BCUT2D eigenvalue weighted by Crippen LogP contribution is 2.22. The molecule has 0 saturated heterocycles. The Hall–Kier alpha value is -2.37. The standard InChI is InChI=1S/C15H18N2O4/c1-8-5-6-12(21-8)7-17-11(4)13(9(2)14(18)19)10(3)16-15(17)20/h5-6,9H,7H2,1-4H3,(H,18,19). The van der Waals surface area contributed by atoms with Crippen LogP contribution in [0.15, 0.2) is 21.3 Å². The second-order valence-corrected chi connectivity index (χ2v) is 5.14. The molecule has 0 aliphatic rings. The summed E-state index contributed by atoms with van der Waals surface area (Å²) in [4.78, 5) is 27.3. The lowest BCUT2D eigenvalue weighted by molar-refractivity contribution is -0.138. The fourth-order valence-corrected chi connectivity index (χ4v) is 2.48. The minimum Gasteiger partial charge on any atom is -0.481 e. The van der Waals surface area contributed by atoms with Crippen molar-refractivity contribution >= 4 is 5.97 Å². The molecule has 1 N–H and O–H groups in total. The minimum absolute atomic E-state index is 0.241. The third-order valence-corrected chi connectivity index (χ3v) is 3.59. The van der Waals surface area contributed by atoms with Crippen LogP contribution in [0.5, 0.6) is 0 Å². The second-order valence-electron chi connectivity index (χ2n) is 5.14. The van der Waals surface area contributed by atoms with Crippen LogP contribution in [0.2, 0.25) is 0 Å². The van der Waals surface area contributed by atoms with Crippen LogP contribution in [0, 0.1) is 20.8 Å². The molecule has 0 fully saturated rings. The summed E-state index contributed by atoms with van der Waals surface area (Å²) in [7, 11) is 0. The van der Waals surface area contributed by atoms with Crippen molar-refractivity contribution in [1.29, 1.82) is 0 Å². The van der Waals surface area contributed by atoms with Crippen molar-refractivity contribution in [2.24, 2.45) is 0 Å². The van der Waals surface area contributed by atoms with E-state index in [0.29, 0.717) is 22.7 Å². The van der Waals surface area contributed by atoms with Crippen LogP contribution in [-0.4, -0.2) is 20.6 Å². The molecular formula is C15H18N2O4. The van der Waals surface area contributed by atoms with Crippen molar-refractivity contribution in [3.05, 3.63) is 51.1 Å². The normalized spacial score (nSPS) is 12.4. The molecule has 0 radical (unpaired) electrons. The molecule has 2 aromatic heterocycles. The van der Waals surface area contributed by atoms with Crippen LogP contribution in [0.1, 0.15) is 41.3 Å². The molecule has 0 aliphatic heterocycles. The van der Waals surface area contributed by atoms with Gasteiger partial charge in [0.25, 0.3) is 0 Å². The maximum Gasteiger partial charge on any atom is 0.348 e. The summed E-state index contributed by atoms with van der Waals surface area (Å²) in [6, 6.07) is 3.61. The highest BCUT2D eigenvalue weighted by molar-refractivity contribution is 5.76. The SMILES string of the molecule is Cc1ccc(Cn2c(C)c(C(C)C(=O)O)c(C)nc2=O)o1. The molecule has 2 rings (SSSR count). The van der Waals surface area contributed by atoms with Gasteiger partial charge in [0.1, 0.15) is 11.5 Å². The first-order valence-corrected chi connectivity index (χ1v) is 6.67. The molecule has 6 nitrogen and oxygen atoms in total. The number of hydrogen-bond acceptors (Lipinski definition) is 4. The fourth-order valence-electron chi connectivity index (χ4n) is 2.48. The molecule has 6 heteroatoms. The van der Waals surface area contributed by atoms with E-state index in [4.69, 9.17) is 4.42 Å². The number of aliphatic carboxylic acids is 1. The van der Waals surface area contributed by atoms with Crippen molar-refractivity contribution in [2.45, 2.75) is 40.2 Å². The van der Waals surface area contributed by atoms with Crippen LogP contribution >= 0.6 is 0 Å². The van der Waals surface area contributed by atoms with Crippen molar-refractivity contribution in [3.63, 3.8) is 0 Å². The highest BCUT2D eigenvalue weighted by Gasteiger charge is 2.22. The number of nitrogens with zero attached hydrogens (tertiary/aromatic N) is 2. The van der Waals surface area contributed by atoms with E-state index in [1.807, 2.05) is 13.0 Å². The predicted octanol–water partition coefficient (Wildman–Crippen LogP) is 2.00. The molecule has 1 atom stereocenters. The lowest BCUT2D eigenvalue weighted by Crippen LogP contribution is -2.29. The Morgan fingerprint density at radius 2 is 2.05 bits per heavy atom. The number of hydrogen-bond donors (Lipinski definition) is 1. The summed E-state index contributed by atoms with van der Waals surface area (Å²) in [5.74, 6) is -0.267. The summed E-state index contributed by atoms with van der Waals surface area (Å²) in [5, 5.41) is 9.20. The Labute approximate surface area is 122 Å². The Balaban J connectivity index is 2.53. The van der Waals surface area contributed by atoms with E-state index in [-0.39, 0.29) is 6.54 Å². The van der Waals surface area contributed by atoms with Crippen LogP contribution in [-0.2, 0) is 11.3 Å². The van der Waals surface area contributed by atoms with Crippen molar-refractivity contribution in [2.75, 3.05) is 0 Å². The van der Waals surface area contributed by atoms with Gasteiger partial charge in [-0.1, -0.05) is 0 Å². The molecule has 0 aromatic carbocycles. The van der Waals surface area contributed by atoms with Gasteiger partial charge in [-0.15, -0.1) is 0 Å². The Morgan fingerprint density at radius 3 is 2.57 bits per heavy atom. The van der Waals surface area contributed by atoms with Crippen molar-refractivity contribution in [3.8, 4) is 0 Å². The average molecular weight is 290 g/mol. The fraction of sp³-hybridized carbons (Fsp3) is 0.400. The first-order chi connectivity index (χ1) is 9.81. The molecular weight excluding hydrogens is 272 g/mol. The van der Waals surface area contributed by atoms with Gasteiger partial charge in [-0.05, 0) is 39.8 Å². The summed E-state index contributed by atoms with van der Waals surface area (Å²) in [5.41, 5.74) is 1.24. The lowest BCUT2D eigenvalue weighted by Gasteiger charge is -2.17. The van der Waals surface area contributed by atoms with Gasteiger partial charge in [0.15, 0.2) is 0 Å². The number of aromatic nitrogens is 2. The average Bonchev–Trinajstić information content (AvgIpc) is 2.79. The molecule has 2 heterocycles. The molecule has 2 aromatic rings. The minimum atomic E-state index is -0.943. The zero-order valence-electron chi connectivity index (χ0n) is 12.5. The van der Waals surface area contributed by atoms with Crippen LogP contribution in [0.4, 0.5) is 0 Å². The molecule has 0 aliphatic carbocycles. The molecule has 0 amide bonds. The Bertz CT molecular complexity index is 743. The van der Waals surface area contributed by atoms with E-state index in [1.54, 1.807) is 26.8 Å². The summed E-state index contributed by atoms with van der Waals surface area (Å²) < 4.78 is 6.92. The Morgan fingerprint density at radius 1 is 1.38 bits per heavy atom. The van der Waals surface area contributed by atoms with Gasteiger partial charge in [0.2, 0.25) is 0 Å². The smallest absolute Gasteiger partial charge is 0.348 e. The quantitative estimate of drug-likeness (QED) is 0.930. The first kappa shape index (κ1) is 15.0. The van der Waals surface area contributed by atoms with Gasteiger partial charge in [-0.3, -0.25) is 9.36 Å². The van der Waals surface area contributed by atoms with E-state index in [0.717, 1.165) is 5.76 Å². The maximum atomic E-state index is 12.1. The van der Waals surface area contributed by atoms with Crippen LogP contribution in [0.25, 0.3) is 0 Å². The van der Waals surface area contributed by atoms with Crippen LogP contribution in [0.3, 0.4) is 0 Å². The van der Waals surface area contributed by atoms with Gasteiger partial charge >= 0.3 is 11.7 Å². The molecule has 21 heavy (non-hydrogen) atoms. The number of carboxylic acid groups (broad SMARTS) is 1. The Kier molecular flexibility index (Phi) is 3.97. The van der Waals surface area contributed by atoms with Crippen LogP contribution < -0.4 is 5.69 Å². The topological polar surface area (TPSA) is 85.3 Å². The molecule has 112 valence electrons. The number of aryl methyl sites for hydroxylation is 2. The third kappa shape index (κ3) is 2.89. The number of furan rings is 1. The molecule has 1 unspecified atom stereocenters. The van der Waals surface area contributed by atoms with Crippen molar-refractivity contribution in [1.82, 2.24) is 9.55 Å². The van der Waals surface area contributed by atoms with E-state index in [1.165, 1.54) is 4.57 Å². The van der Waals surface area contributed by atoms with E-state index < -0.39 is 17.6 Å². The zero-order chi connectivity index (χ0) is 15.7. The van der Waals surface area contributed by atoms with E-state index in [2.05, 4.69) is 4.98 Å². The van der Waals surface area contributed by atoms with Gasteiger partial charge in [-0.2, -0.15) is 4.98 Å². The predicted molar refractivity (Wildman–Crippen MR) is 76.6 cm³/mol. The van der Waals surface area contributed by atoms with E-state index >= 15 is 0 Å². The number of rotatable bonds is 4. The highest BCUT2D eigenvalue weighted by atomic mass is 16.4. The summed E-state index contributed by atoms with van der Waals surface area (Å²) in [6.45, 7) is 7.05. The third-order valence-electron chi connectivity index (χ3n) is 3.59. The van der Waals surface area contributed by atoms with Gasteiger partial charge in [0, 0.05) is 17.0 Å². The largest absolute Gasteiger partial charge is 0.481 e. The molecule has 0 spiro atoms. The first-order valence-electron chi connectivity index (χ1n) is 6.67. The summed E-state index contributed by atoms with van der Waals surface area (Å²) in [6.07, 6.45) is 0. The lowest BCUT2D eigenvalue weighted by atomic mass is 9.98. The summed E-state index contributed by atoms with van der Waals surface area (Å²) >= 11 is 0. The zero-order valence-corrected chi connectivity index (χ0v) is 12.5.